The number of hydrogen-bond acceptors (Lipinski definition) is 3. The van der Waals surface area contributed by atoms with Crippen molar-refractivity contribution in [3.8, 4) is 0 Å². The first-order chi connectivity index (χ1) is 8.02. The standard InChI is InChI=1S/C12H14N2O3/c1-8(17-9(2)15)14-12(16)10-6-4-5-7-11(10)13(14)3/h4-8H,1-3H3. The molecule has 0 N–H and O–H groups in total. The van der Waals surface area contributed by atoms with E-state index in [-0.39, 0.29) is 5.56 Å². The fraction of sp³-hybridized carbons (Fsp3) is 0.333. The summed E-state index contributed by atoms with van der Waals surface area (Å²) in [5.41, 5.74) is 0.661. The van der Waals surface area contributed by atoms with Gasteiger partial charge in [-0.2, -0.15) is 0 Å². The van der Waals surface area contributed by atoms with Gasteiger partial charge in [0.1, 0.15) is 0 Å². The lowest BCUT2D eigenvalue weighted by Gasteiger charge is -2.15. The smallest absolute Gasteiger partial charge is 0.304 e. The molecule has 17 heavy (non-hydrogen) atoms. The lowest BCUT2D eigenvalue weighted by atomic mass is 10.2. The topological polar surface area (TPSA) is 53.2 Å². The van der Waals surface area contributed by atoms with Gasteiger partial charge in [-0.25, -0.2) is 4.68 Å². The van der Waals surface area contributed by atoms with Crippen LogP contribution >= 0.6 is 0 Å². The van der Waals surface area contributed by atoms with Gasteiger partial charge in [0.2, 0.25) is 0 Å². The Morgan fingerprint density at radius 2 is 2.00 bits per heavy atom. The number of rotatable bonds is 2. The van der Waals surface area contributed by atoms with E-state index in [9.17, 15) is 9.59 Å². The molecule has 0 saturated heterocycles. The third-order valence-electron chi connectivity index (χ3n) is 2.70. The van der Waals surface area contributed by atoms with Gasteiger partial charge in [0, 0.05) is 14.0 Å². The average Bonchev–Trinajstić information content (AvgIpc) is 2.51. The van der Waals surface area contributed by atoms with Crippen LogP contribution in [0, 0.1) is 0 Å². The molecule has 0 fully saturated rings. The van der Waals surface area contributed by atoms with Gasteiger partial charge in [-0.05, 0) is 19.1 Å². The van der Waals surface area contributed by atoms with Gasteiger partial charge in [0.15, 0.2) is 6.23 Å². The van der Waals surface area contributed by atoms with Gasteiger partial charge in [-0.15, -0.1) is 0 Å². The highest BCUT2D eigenvalue weighted by Crippen LogP contribution is 2.13. The lowest BCUT2D eigenvalue weighted by Crippen LogP contribution is -2.27. The molecule has 0 radical (unpaired) electrons. The van der Waals surface area contributed by atoms with E-state index in [1.807, 2.05) is 18.2 Å². The number of carbonyl (C=O) groups is 1. The molecule has 0 spiro atoms. The second kappa shape index (κ2) is 4.08. The summed E-state index contributed by atoms with van der Waals surface area (Å²) in [5.74, 6) is -0.408. The van der Waals surface area contributed by atoms with Crippen LogP contribution in [0.2, 0.25) is 0 Å². The molecule has 0 amide bonds. The summed E-state index contributed by atoms with van der Waals surface area (Å²) in [4.78, 5) is 23.0. The average molecular weight is 234 g/mol. The molecule has 2 aromatic rings. The summed E-state index contributed by atoms with van der Waals surface area (Å²) in [6, 6.07) is 7.29. The maximum absolute atomic E-state index is 12.1. The zero-order chi connectivity index (χ0) is 12.6. The van der Waals surface area contributed by atoms with Crippen LogP contribution in [0.25, 0.3) is 10.9 Å². The molecule has 0 saturated carbocycles. The first-order valence-electron chi connectivity index (χ1n) is 5.36. The maximum Gasteiger partial charge on any atom is 0.304 e. The van der Waals surface area contributed by atoms with E-state index in [0.29, 0.717) is 5.39 Å². The van der Waals surface area contributed by atoms with E-state index in [1.165, 1.54) is 11.6 Å². The predicted octanol–water partition coefficient (Wildman–Crippen LogP) is 1.42. The van der Waals surface area contributed by atoms with Crippen molar-refractivity contribution in [1.82, 2.24) is 9.36 Å². The fourth-order valence-corrected chi connectivity index (χ4v) is 2.01. The van der Waals surface area contributed by atoms with Crippen LogP contribution in [-0.2, 0) is 16.6 Å². The number of benzene rings is 1. The first kappa shape index (κ1) is 11.4. The van der Waals surface area contributed by atoms with Crippen LogP contribution in [0.15, 0.2) is 29.1 Å². The van der Waals surface area contributed by atoms with Crippen molar-refractivity contribution in [1.29, 1.82) is 0 Å². The summed E-state index contributed by atoms with van der Waals surface area (Å²) >= 11 is 0. The summed E-state index contributed by atoms with van der Waals surface area (Å²) < 4.78 is 8.15. The molecule has 2 rings (SSSR count). The molecular formula is C12H14N2O3. The molecule has 0 aliphatic carbocycles. The summed E-state index contributed by atoms with van der Waals surface area (Å²) in [6.07, 6.45) is -0.614. The van der Waals surface area contributed by atoms with Gasteiger partial charge >= 0.3 is 5.97 Å². The number of para-hydroxylation sites is 1. The van der Waals surface area contributed by atoms with Crippen molar-refractivity contribution in [2.75, 3.05) is 0 Å². The minimum absolute atomic E-state index is 0.156. The molecule has 5 heteroatoms. The Hall–Kier alpha value is -2.04. The molecule has 1 unspecified atom stereocenters. The largest absolute Gasteiger partial charge is 0.440 e. The van der Waals surface area contributed by atoms with Crippen molar-refractivity contribution in [2.24, 2.45) is 7.05 Å². The Bertz CT molecular complexity index is 624. The third-order valence-corrected chi connectivity index (χ3v) is 2.70. The van der Waals surface area contributed by atoms with Gasteiger partial charge in [0.25, 0.3) is 5.56 Å². The molecule has 90 valence electrons. The highest BCUT2D eigenvalue weighted by atomic mass is 16.6. The molecule has 1 atom stereocenters. The molecule has 5 nitrogen and oxygen atoms in total. The van der Waals surface area contributed by atoms with E-state index in [1.54, 1.807) is 24.7 Å². The van der Waals surface area contributed by atoms with E-state index in [4.69, 9.17) is 4.74 Å². The molecule has 1 aromatic heterocycles. The minimum atomic E-state index is -0.614. The zero-order valence-electron chi connectivity index (χ0n) is 10.0. The number of aromatic nitrogens is 2. The molecule has 0 aliphatic rings. The van der Waals surface area contributed by atoms with Gasteiger partial charge in [-0.3, -0.25) is 14.3 Å². The van der Waals surface area contributed by atoms with Crippen LogP contribution in [-0.4, -0.2) is 15.3 Å². The first-order valence-corrected chi connectivity index (χ1v) is 5.36. The van der Waals surface area contributed by atoms with E-state index in [0.717, 1.165) is 5.52 Å². The van der Waals surface area contributed by atoms with Crippen LogP contribution < -0.4 is 5.56 Å². The van der Waals surface area contributed by atoms with Gasteiger partial charge < -0.3 is 4.74 Å². The van der Waals surface area contributed by atoms with E-state index < -0.39 is 12.2 Å². The van der Waals surface area contributed by atoms with E-state index in [2.05, 4.69) is 0 Å². The lowest BCUT2D eigenvalue weighted by molar-refractivity contribution is -0.151. The Morgan fingerprint density at radius 3 is 2.59 bits per heavy atom. The molecule has 0 aliphatic heterocycles. The fourth-order valence-electron chi connectivity index (χ4n) is 2.01. The number of ether oxygens (including phenoxy) is 1. The Kier molecular flexibility index (Phi) is 2.75. The number of esters is 1. The summed E-state index contributed by atoms with van der Waals surface area (Å²) in [6.45, 7) is 2.99. The van der Waals surface area contributed by atoms with Crippen molar-refractivity contribution in [2.45, 2.75) is 20.1 Å². The number of fused-ring (bicyclic) bond motifs is 1. The number of nitrogens with zero attached hydrogens (tertiary/aromatic N) is 2. The Balaban J connectivity index is 2.62. The number of hydrogen-bond donors (Lipinski definition) is 0. The normalized spacial score (nSPS) is 12.6. The Labute approximate surface area is 98.2 Å². The minimum Gasteiger partial charge on any atom is -0.440 e. The van der Waals surface area contributed by atoms with Gasteiger partial charge in [-0.1, -0.05) is 12.1 Å². The molecule has 1 aromatic carbocycles. The Morgan fingerprint density at radius 1 is 1.35 bits per heavy atom. The second-order valence-corrected chi connectivity index (χ2v) is 3.90. The van der Waals surface area contributed by atoms with Crippen molar-refractivity contribution < 1.29 is 9.53 Å². The van der Waals surface area contributed by atoms with Crippen LogP contribution in [0.1, 0.15) is 20.1 Å². The summed E-state index contributed by atoms with van der Waals surface area (Å²) in [5, 5.41) is 0.619. The second-order valence-electron chi connectivity index (χ2n) is 3.90. The third kappa shape index (κ3) is 1.84. The predicted molar refractivity (Wildman–Crippen MR) is 63.7 cm³/mol. The zero-order valence-corrected chi connectivity index (χ0v) is 10.0. The van der Waals surface area contributed by atoms with E-state index >= 15 is 0 Å². The van der Waals surface area contributed by atoms with Crippen LogP contribution in [0.4, 0.5) is 0 Å². The van der Waals surface area contributed by atoms with Crippen molar-refractivity contribution in [3.63, 3.8) is 0 Å². The molecule has 0 bridgehead atoms. The summed E-state index contributed by atoms with van der Waals surface area (Å²) in [7, 11) is 1.77. The number of carbonyl (C=O) groups excluding carboxylic acids is 1. The highest BCUT2D eigenvalue weighted by Gasteiger charge is 2.16. The van der Waals surface area contributed by atoms with Crippen molar-refractivity contribution in [3.05, 3.63) is 34.6 Å². The quantitative estimate of drug-likeness (QED) is 0.738. The van der Waals surface area contributed by atoms with Crippen LogP contribution in [0.5, 0.6) is 0 Å². The SMILES string of the molecule is CC(=O)OC(C)n1c(=O)c2ccccc2n1C. The highest BCUT2D eigenvalue weighted by molar-refractivity contribution is 5.78. The van der Waals surface area contributed by atoms with Crippen LogP contribution in [0.3, 0.4) is 0 Å². The van der Waals surface area contributed by atoms with Crippen molar-refractivity contribution >= 4 is 16.9 Å². The molecular weight excluding hydrogens is 220 g/mol. The molecule has 1 heterocycles. The monoisotopic (exact) mass is 234 g/mol. The maximum atomic E-state index is 12.1. The van der Waals surface area contributed by atoms with Gasteiger partial charge in [0.05, 0.1) is 10.9 Å². The number of aryl methyl sites for hydroxylation is 1.